The minimum atomic E-state index is 0.159. The summed E-state index contributed by atoms with van der Waals surface area (Å²) in [5, 5.41) is 0. The number of nitrogens with zero attached hydrogens (tertiary/aromatic N) is 2. The number of hydrogen-bond acceptors (Lipinski definition) is 3. The first kappa shape index (κ1) is 11.7. The van der Waals surface area contributed by atoms with Gasteiger partial charge in [0, 0.05) is 15.4 Å². The molecule has 14 heavy (non-hydrogen) atoms. The molecule has 1 aromatic heterocycles. The summed E-state index contributed by atoms with van der Waals surface area (Å²) in [4.78, 5) is 4.19. The number of halogens is 1. The second-order valence-electron chi connectivity index (χ2n) is 3.84. The molecule has 0 aliphatic carbocycles. The fraction of sp³-hybridized carbons (Fsp3) is 0.400. The molecule has 0 amide bonds. The first-order valence-electron chi connectivity index (χ1n) is 4.30. The third-order valence-electron chi connectivity index (χ3n) is 1.26. The van der Waals surface area contributed by atoms with E-state index in [1.54, 1.807) is 24.4 Å². The quantitative estimate of drug-likeness (QED) is 0.606. The third-order valence-corrected chi connectivity index (χ3v) is 2.49. The molecule has 2 nitrogen and oxygen atoms in total. The molecule has 0 atom stereocenters. The minimum absolute atomic E-state index is 0.159. The van der Waals surface area contributed by atoms with Gasteiger partial charge in [-0.2, -0.15) is 0 Å². The fourth-order valence-corrected chi connectivity index (χ4v) is 1.41. The van der Waals surface area contributed by atoms with Crippen LogP contribution in [0.25, 0.3) is 0 Å². The molecule has 1 heterocycles. The SMILES string of the molecule is CC(C)(C)S/N=C/c1ccc(Br)cn1. The van der Waals surface area contributed by atoms with Crippen molar-refractivity contribution in [1.82, 2.24) is 4.98 Å². The Morgan fingerprint density at radius 1 is 1.43 bits per heavy atom. The topological polar surface area (TPSA) is 25.2 Å². The molecule has 0 aromatic carbocycles. The lowest BCUT2D eigenvalue weighted by molar-refractivity contribution is 0.804. The minimum Gasteiger partial charge on any atom is -0.254 e. The lowest BCUT2D eigenvalue weighted by Crippen LogP contribution is -2.05. The van der Waals surface area contributed by atoms with Crippen LogP contribution in [0.15, 0.2) is 27.2 Å². The van der Waals surface area contributed by atoms with Crippen molar-refractivity contribution in [3.05, 3.63) is 28.5 Å². The number of aromatic nitrogens is 1. The number of pyridine rings is 1. The second-order valence-corrected chi connectivity index (χ2v) is 6.37. The van der Waals surface area contributed by atoms with E-state index in [1.807, 2.05) is 12.1 Å². The van der Waals surface area contributed by atoms with Gasteiger partial charge in [-0.1, -0.05) is 0 Å². The predicted octanol–water partition coefficient (Wildman–Crippen LogP) is 3.71. The zero-order valence-corrected chi connectivity index (χ0v) is 10.9. The van der Waals surface area contributed by atoms with Gasteiger partial charge in [-0.05, 0) is 60.8 Å². The standard InChI is InChI=1S/C10H13BrN2S/c1-10(2,3)14-13-7-9-5-4-8(11)6-12-9/h4-7H,1-3H3/b13-7+. The second kappa shape index (κ2) is 4.94. The lowest BCUT2D eigenvalue weighted by Gasteiger charge is -2.11. The summed E-state index contributed by atoms with van der Waals surface area (Å²) < 4.78 is 5.40. The van der Waals surface area contributed by atoms with E-state index in [9.17, 15) is 0 Å². The van der Waals surface area contributed by atoms with Crippen LogP contribution in [0.3, 0.4) is 0 Å². The first-order valence-corrected chi connectivity index (χ1v) is 5.87. The maximum atomic E-state index is 4.26. The van der Waals surface area contributed by atoms with Gasteiger partial charge < -0.3 is 0 Å². The van der Waals surface area contributed by atoms with Gasteiger partial charge in [0.1, 0.15) is 0 Å². The summed E-state index contributed by atoms with van der Waals surface area (Å²) in [7, 11) is 0. The van der Waals surface area contributed by atoms with Crippen LogP contribution in [0.5, 0.6) is 0 Å². The van der Waals surface area contributed by atoms with E-state index in [0.29, 0.717) is 0 Å². The molecular weight excluding hydrogens is 260 g/mol. The summed E-state index contributed by atoms with van der Waals surface area (Å²) in [6.45, 7) is 6.39. The van der Waals surface area contributed by atoms with Gasteiger partial charge in [0.15, 0.2) is 0 Å². The Kier molecular flexibility index (Phi) is 4.13. The summed E-state index contributed by atoms with van der Waals surface area (Å²) >= 11 is 4.88. The molecule has 0 radical (unpaired) electrons. The van der Waals surface area contributed by atoms with Crippen LogP contribution in [-0.4, -0.2) is 15.9 Å². The number of rotatable bonds is 2. The van der Waals surface area contributed by atoms with Crippen molar-refractivity contribution in [2.24, 2.45) is 4.40 Å². The highest BCUT2D eigenvalue weighted by atomic mass is 79.9. The Balaban J connectivity index is 2.57. The molecule has 0 saturated heterocycles. The van der Waals surface area contributed by atoms with Crippen LogP contribution >= 0.6 is 27.9 Å². The third kappa shape index (κ3) is 4.77. The maximum absolute atomic E-state index is 4.26. The maximum Gasteiger partial charge on any atom is 0.0819 e. The normalized spacial score (nSPS) is 12.3. The van der Waals surface area contributed by atoms with E-state index in [1.165, 1.54) is 0 Å². The van der Waals surface area contributed by atoms with Gasteiger partial charge in [-0.15, -0.1) is 0 Å². The van der Waals surface area contributed by atoms with Crippen molar-refractivity contribution >= 4 is 34.1 Å². The number of hydrogen-bond donors (Lipinski definition) is 0. The van der Waals surface area contributed by atoms with Gasteiger partial charge >= 0.3 is 0 Å². The molecule has 0 unspecified atom stereocenters. The van der Waals surface area contributed by atoms with E-state index in [0.717, 1.165) is 10.2 Å². The Morgan fingerprint density at radius 2 is 2.14 bits per heavy atom. The zero-order valence-electron chi connectivity index (χ0n) is 8.49. The van der Waals surface area contributed by atoms with Crippen LogP contribution in [0.4, 0.5) is 0 Å². The molecule has 0 fully saturated rings. The predicted molar refractivity (Wildman–Crippen MR) is 66.9 cm³/mol. The van der Waals surface area contributed by atoms with E-state index < -0.39 is 0 Å². The van der Waals surface area contributed by atoms with Crippen molar-refractivity contribution in [3.8, 4) is 0 Å². The Morgan fingerprint density at radius 3 is 2.64 bits per heavy atom. The average Bonchev–Trinajstić information content (AvgIpc) is 2.06. The summed E-state index contributed by atoms with van der Waals surface area (Å²) in [5.41, 5.74) is 0.880. The summed E-state index contributed by atoms with van der Waals surface area (Å²) in [5.74, 6) is 0. The fourth-order valence-electron chi connectivity index (χ4n) is 0.702. The van der Waals surface area contributed by atoms with E-state index in [-0.39, 0.29) is 4.75 Å². The van der Waals surface area contributed by atoms with Gasteiger partial charge in [-0.3, -0.25) is 4.98 Å². The van der Waals surface area contributed by atoms with E-state index >= 15 is 0 Å². The van der Waals surface area contributed by atoms with Crippen molar-refractivity contribution in [2.75, 3.05) is 0 Å². The molecule has 0 aliphatic heterocycles. The average molecular weight is 273 g/mol. The largest absolute Gasteiger partial charge is 0.254 e. The highest BCUT2D eigenvalue weighted by Gasteiger charge is 2.08. The molecule has 0 aliphatic rings. The summed E-state index contributed by atoms with van der Waals surface area (Å²) in [6.07, 6.45) is 3.55. The van der Waals surface area contributed by atoms with Crippen LogP contribution in [-0.2, 0) is 0 Å². The Hall–Kier alpha value is -0.350. The van der Waals surface area contributed by atoms with Crippen LogP contribution < -0.4 is 0 Å². The van der Waals surface area contributed by atoms with Crippen LogP contribution in [0.2, 0.25) is 0 Å². The van der Waals surface area contributed by atoms with Gasteiger partial charge in [-0.25, -0.2) is 4.40 Å². The molecule has 0 spiro atoms. The molecule has 0 N–H and O–H groups in total. The Labute approximate surface area is 97.5 Å². The molecule has 76 valence electrons. The molecule has 0 bridgehead atoms. The van der Waals surface area contributed by atoms with Crippen LogP contribution in [0.1, 0.15) is 26.5 Å². The van der Waals surface area contributed by atoms with Crippen molar-refractivity contribution < 1.29 is 0 Å². The zero-order chi connectivity index (χ0) is 10.6. The van der Waals surface area contributed by atoms with Gasteiger partial charge in [0.2, 0.25) is 0 Å². The summed E-state index contributed by atoms with van der Waals surface area (Å²) in [6, 6.07) is 3.88. The highest BCUT2D eigenvalue weighted by molar-refractivity contribution is 9.10. The Bertz CT molecular complexity index is 314. The lowest BCUT2D eigenvalue weighted by atomic mass is 10.3. The molecule has 4 heteroatoms. The first-order chi connectivity index (χ1) is 6.47. The van der Waals surface area contributed by atoms with E-state index in [4.69, 9.17) is 0 Å². The molecule has 1 rings (SSSR count). The van der Waals surface area contributed by atoms with Gasteiger partial charge in [0.25, 0.3) is 0 Å². The van der Waals surface area contributed by atoms with Crippen molar-refractivity contribution in [1.29, 1.82) is 0 Å². The smallest absolute Gasteiger partial charge is 0.0819 e. The molecule has 0 saturated carbocycles. The van der Waals surface area contributed by atoms with Gasteiger partial charge in [0.05, 0.1) is 11.9 Å². The highest BCUT2D eigenvalue weighted by Crippen LogP contribution is 2.23. The van der Waals surface area contributed by atoms with Crippen molar-refractivity contribution in [2.45, 2.75) is 25.5 Å². The monoisotopic (exact) mass is 272 g/mol. The van der Waals surface area contributed by atoms with Crippen LogP contribution in [0, 0.1) is 0 Å². The molecule has 1 aromatic rings. The molecular formula is C10H13BrN2S. The van der Waals surface area contributed by atoms with E-state index in [2.05, 4.69) is 46.1 Å². The van der Waals surface area contributed by atoms with Crippen molar-refractivity contribution in [3.63, 3.8) is 0 Å².